The fourth-order valence-electron chi connectivity index (χ4n) is 1.53. The van der Waals surface area contributed by atoms with Crippen LogP contribution in [-0.4, -0.2) is 14.5 Å². The molecular formula is C10H12BrFN2O2S. The molecule has 2 unspecified atom stereocenters. The largest absolute Gasteiger partial charge is 0.399 e. The number of benzene rings is 1. The molecule has 1 aromatic rings. The molecule has 2 rings (SSSR count). The average molecular weight is 323 g/mol. The molecule has 17 heavy (non-hydrogen) atoms. The number of hydrogen-bond donors (Lipinski definition) is 2. The minimum Gasteiger partial charge on any atom is -0.399 e. The molecule has 7 heteroatoms. The Morgan fingerprint density at radius 3 is 2.65 bits per heavy atom. The first-order valence-electron chi connectivity index (χ1n) is 5.08. The number of halogens is 2. The highest BCUT2D eigenvalue weighted by atomic mass is 79.9. The summed E-state index contributed by atoms with van der Waals surface area (Å²) in [5.41, 5.74) is 5.71. The van der Waals surface area contributed by atoms with Crippen molar-refractivity contribution in [2.24, 2.45) is 5.92 Å². The summed E-state index contributed by atoms with van der Waals surface area (Å²) in [5, 5.41) is 0. The van der Waals surface area contributed by atoms with E-state index >= 15 is 0 Å². The molecule has 0 heterocycles. The van der Waals surface area contributed by atoms with Gasteiger partial charge < -0.3 is 5.73 Å². The van der Waals surface area contributed by atoms with Crippen LogP contribution in [0.2, 0.25) is 0 Å². The van der Waals surface area contributed by atoms with Gasteiger partial charge in [-0.3, -0.25) is 0 Å². The van der Waals surface area contributed by atoms with Crippen molar-refractivity contribution in [2.75, 3.05) is 5.73 Å². The maximum atomic E-state index is 13.7. The van der Waals surface area contributed by atoms with Crippen LogP contribution >= 0.6 is 15.9 Å². The molecule has 2 atom stereocenters. The lowest BCUT2D eigenvalue weighted by atomic mass is 10.3. The Labute approximate surface area is 108 Å². The number of rotatable bonds is 3. The van der Waals surface area contributed by atoms with E-state index in [9.17, 15) is 12.8 Å². The molecule has 1 aliphatic rings. The Hall–Kier alpha value is -0.660. The number of nitrogen functional groups attached to an aromatic ring is 1. The summed E-state index contributed by atoms with van der Waals surface area (Å²) in [7, 11) is -3.84. The maximum absolute atomic E-state index is 13.7. The predicted molar refractivity (Wildman–Crippen MR) is 66.4 cm³/mol. The van der Waals surface area contributed by atoms with E-state index in [4.69, 9.17) is 5.73 Å². The summed E-state index contributed by atoms with van der Waals surface area (Å²) in [6, 6.07) is 2.35. The van der Waals surface area contributed by atoms with Gasteiger partial charge in [0.05, 0.1) is 4.47 Å². The molecule has 0 aliphatic heterocycles. The Morgan fingerprint density at radius 2 is 2.12 bits per heavy atom. The van der Waals surface area contributed by atoms with Gasteiger partial charge in [0.15, 0.2) is 5.82 Å². The van der Waals surface area contributed by atoms with Gasteiger partial charge in [-0.2, -0.15) is 0 Å². The van der Waals surface area contributed by atoms with Crippen molar-refractivity contribution < 1.29 is 12.8 Å². The lowest BCUT2D eigenvalue weighted by Gasteiger charge is -2.09. The number of sulfonamides is 1. The summed E-state index contributed by atoms with van der Waals surface area (Å²) in [5.74, 6) is -0.516. The summed E-state index contributed by atoms with van der Waals surface area (Å²) in [4.78, 5) is -0.413. The fraction of sp³-hybridized carbons (Fsp3) is 0.400. The number of anilines is 1. The Kier molecular flexibility index (Phi) is 3.17. The summed E-state index contributed by atoms with van der Waals surface area (Å²) in [6.45, 7) is 1.93. The van der Waals surface area contributed by atoms with Crippen molar-refractivity contribution in [2.45, 2.75) is 24.3 Å². The van der Waals surface area contributed by atoms with Crippen LogP contribution in [0.4, 0.5) is 10.1 Å². The summed E-state index contributed by atoms with van der Waals surface area (Å²) in [6.07, 6.45) is 0.782. The zero-order valence-electron chi connectivity index (χ0n) is 9.07. The average Bonchev–Trinajstić information content (AvgIpc) is 2.86. The zero-order valence-corrected chi connectivity index (χ0v) is 11.5. The Balaban J connectivity index is 2.39. The second kappa shape index (κ2) is 4.22. The van der Waals surface area contributed by atoms with Gasteiger partial charge in [-0.05, 0) is 40.4 Å². The van der Waals surface area contributed by atoms with Crippen LogP contribution in [0.3, 0.4) is 0 Å². The topological polar surface area (TPSA) is 72.2 Å². The molecule has 1 aliphatic carbocycles. The number of nitrogens with two attached hydrogens (primary N) is 1. The summed E-state index contributed by atoms with van der Waals surface area (Å²) < 4.78 is 40.1. The third kappa shape index (κ3) is 2.61. The SMILES string of the molecule is CC1CC1NS(=O)(=O)c1cc(N)cc(Br)c1F. The second-order valence-electron chi connectivity index (χ2n) is 4.26. The van der Waals surface area contributed by atoms with E-state index in [2.05, 4.69) is 20.7 Å². The van der Waals surface area contributed by atoms with E-state index in [1.807, 2.05) is 6.92 Å². The molecule has 1 fully saturated rings. The van der Waals surface area contributed by atoms with Crippen LogP contribution in [0.5, 0.6) is 0 Å². The van der Waals surface area contributed by atoms with Gasteiger partial charge in [-0.25, -0.2) is 17.5 Å². The van der Waals surface area contributed by atoms with Crippen molar-refractivity contribution >= 4 is 31.6 Å². The molecule has 0 radical (unpaired) electrons. The first-order chi connectivity index (χ1) is 7.81. The van der Waals surface area contributed by atoms with E-state index in [-0.39, 0.29) is 16.2 Å². The quantitative estimate of drug-likeness (QED) is 0.834. The summed E-state index contributed by atoms with van der Waals surface area (Å²) >= 11 is 2.94. The molecule has 0 bridgehead atoms. The third-order valence-electron chi connectivity index (χ3n) is 2.72. The molecule has 94 valence electrons. The fourth-order valence-corrected chi connectivity index (χ4v) is 3.63. The number of nitrogens with one attached hydrogen (secondary N) is 1. The molecular weight excluding hydrogens is 311 g/mol. The molecule has 0 spiro atoms. The lowest BCUT2D eigenvalue weighted by molar-refractivity contribution is 0.552. The van der Waals surface area contributed by atoms with E-state index < -0.39 is 20.7 Å². The van der Waals surface area contributed by atoms with Crippen LogP contribution in [0, 0.1) is 11.7 Å². The molecule has 4 nitrogen and oxygen atoms in total. The molecule has 3 N–H and O–H groups in total. The predicted octanol–water partition coefficient (Wildman–Crippen LogP) is 1.86. The van der Waals surface area contributed by atoms with Crippen LogP contribution in [0.25, 0.3) is 0 Å². The molecule has 1 aromatic carbocycles. The minimum absolute atomic E-state index is 0.0433. The second-order valence-corrected chi connectivity index (χ2v) is 6.79. The van der Waals surface area contributed by atoms with Crippen LogP contribution in [-0.2, 0) is 10.0 Å². The Morgan fingerprint density at radius 1 is 1.53 bits per heavy atom. The normalized spacial score (nSPS) is 23.7. The van der Waals surface area contributed by atoms with E-state index in [0.717, 1.165) is 12.5 Å². The molecule has 0 amide bonds. The van der Waals surface area contributed by atoms with Crippen molar-refractivity contribution in [1.29, 1.82) is 0 Å². The maximum Gasteiger partial charge on any atom is 0.243 e. The molecule has 0 aromatic heterocycles. The number of hydrogen-bond acceptors (Lipinski definition) is 3. The highest BCUT2D eigenvalue weighted by Gasteiger charge is 2.37. The monoisotopic (exact) mass is 322 g/mol. The van der Waals surface area contributed by atoms with E-state index in [0.29, 0.717) is 5.92 Å². The van der Waals surface area contributed by atoms with Crippen LogP contribution in [0.15, 0.2) is 21.5 Å². The standard InChI is InChI=1S/C10H12BrFN2O2S/c1-5-2-8(5)14-17(15,16)9-4-6(13)3-7(11)10(9)12/h3-5,8,14H,2,13H2,1H3. The van der Waals surface area contributed by atoms with E-state index in [1.54, 1.807) is 0 Å². The van der Waals surface area contributed by atoms with Gasteiger partial charge in [0.2, 0.25) is 10.0 Å². The van der Waals surface area contributed by atoms with Gasteiger partial charge >= 0.3 is 0 Å². The van der Waals surface area contributed by atoms with Gasteiger partial charge in [0.1, 0.15) is 4.90 Å². The van der Waals surface area contributed by atoms with Crippen molar-refractivity contribution in [3.63, 3.8) is 0 Å². The highest BCUT2D eigenvalue weighted by molar-refractivity contribution is 9.10. The minimum atomic E-state index is -3.84. The Bertz CT molecular complexity index is 562. The van der Waals surface area contributed by atoms with Crippen molar-refractivity contribution in [1.82, 2.24) is 4.72 Å². The first kappa shape index (κ1) is 12.8. The van der Waals surface area contributed by atoms with Gasteiger partial charge in [0.25, 0.3) is 0 Å². The van der Waals surface area contributed by atoms with Gasteiger partial charge in [0, 0.05) is 11.7 Å². The van der Waals surface area contributed by atoms with Crippen LogP contribution < -0.4 is 10.5 Å². The highest BCUT2D eigenvalue weighted by Crippen LogP contribution is 2.32. The van der Waals surface area contributed by atoms with Crippen LogP contribution in [0.1, 0.15) is 13.3 Å². The van der Waals surface area contributed by atoms with Crippen molar-refractivity contribution in [3.05, 3.63) is 22.4 Å². The van der Waals surface area contributed by atoms with Gasteiger partial charge in [-0.15, -0.1) is 0 Å². The molecule has 1 saturated carbocycles. The lowest BCUT2D eigenvalue weighted by Crippen LogP contribution is -2.27. The first-order valence-corrected chi connectivity index (χ1v) is 7.35. The third-order valence-corrected chi connectivity index (χ3v) is 4.79. The van der Waals surface area contributed by atoms with E-state index in [1.165, 1.54) is 6.07 Å². The van der Waals surface area contributed by atoms with Crippen molar-refractivity contribution in [3.8, 4) is 0 Å². The van der Waals surface area contributed by atoms with Gasteiger partial charge in [-0.1, -0.05) is 6.92 Å². The zero-order chi connectivity index (χ0) is 12.8. The molecule has 0 saturated heterocycles. The smallest absolute Gasteiger partial charge is 0.243 e.